The molecule has 2 nitrogen and oxygen atoms in total. The predicted octanol–water partition coefficient (Wildman–Crippen LogP) is 4.06. The minimum atomic E-state index is 0.0726. The van der Waals surface area contributed by atoms with Crippen molar-refractivity contribution in [3.05, 3.63) is 47.8 Å². The van der Waals surface area contributed by atoms with Crippen molar-refractivity contribution in [3.63, 3.8) is 0 Å². The van der Waals surface area contributed by atoms with E-state index in [0.717, 1.165) is 16.7 Å². The van der Waals surface area contributed by atoms with E-state index in [1.54, 1.807) is 0 Å². The Morgan fingerprint density at radius 1 is 1.18 bits per heavy atom. The Hall–Kier alpha value is -1.09. The van der Waals surface area contributed by atoms with Crippen molar-refractivity contribution >= 4 is 15.9 Å². The first-order valence-corrected chi connectivity index (χ1v) is 6.85. The average molecular weight is 293 g/mol. The van der Waals surface area contributed by atoms with Gasteiger partial charge in [0, 0.05) is 22.5 Å². The van der Waals surface area contributed by atoms with Gasteiger partial charge in [-0.1, -0.05) is 54.9 Å². The smallest absolute Gasteiger partial charge is 0.0722 e. The topological polar surface area (TPSA) is 17.8 Å². The quantitative estimate of drug-likeness (QED) is 0.763. The summed E-state index contributed by atoms with van der Waals surface area (Å²) < 4.78 is 1.96. The van der Waals surface area contributed by atoms with Gasteiger partial charge in [0.1, 0.15) is 0 Å². The molecule has 0 unspecified atom stereocenters. The van der Waals surface area contributed by atoms with E-state index in [-0.39, 0.29) is 5.41 Å². The number of hydrogen-bond acceptors (Lipinski definition) is 1. The van der Waals surface area contributed by atoms with E-state index < -0.39 is 0 Å². The Bertz CT molecular complexity index is 495. The van der Waals surface area contributed by atoms with Crippen molar-refractivity contribution in [2.45, 2.75) is 31.5 Å². The molecule has 0 aliphatic rings. The standard InChI is InChI=1S/C14H17BrN2/c1-14(2,3)13-11(9-15)10-17(16-13)12-7-5-4-6-8-12/h4-8,10H,9H2,1-3H3. The molecule has 0 aliphatic carbocycles. The highest BCUT2D eigenvalue weighted by Crippen LogP contribution is 2.26. The molecule has 0 saturated heterocycles. The summed E-state index contributed by atoms with van der Waals surface area (Å²) >= 11 is 3.53. The first-order valence-electron chi connectivity index (χ1n) is 5.73. The van der Waals surface area contributed by atoms with Crippen LogP contribution in [0.3, 0.4) is 0 Å². The molecule has 90 valence electrons. The van der Waals surface area contributed by atoms with E-state index >= 15 is 0 Å². The summed E-state index contributed by atoms with van der Waals surface area (Å²) in [6.45, 7) is 6.57. The van der Waals surface area contributed by atoms with Crippen LogP contribution in [-0.2, 0) is 10.7 Å². The highest BCUT2D eigenvalue weighted by Gasteiger charge is 2.21. The molecule has 0 atom stereocenters. The van der Waals surface area contributed by atoms with Crippen molar-refractivity contribution in [1.29, 1.82) is 0 Å². The Labute approximate surface area is 111 Å². The first-order chi connectivity index (χ1) is 8.02. The van der Waals surface area contributed by atoms with Crippen LogP contribution in [0.5, 0.6) is 0 Å². The Morgan fingerprint density at radius 2 is 1.82 bits per heavy atom. The lowest BCUT2D eigenvalue weighted by Crippen LogP contribution is -2.14. The van der Waals surface area contributed by atoms with Gasteiger partial charge in [0.25, 0.3) is 0 Å². The van der Waals surface area contributed by atoms with Gasteiger partial charge in [0.05, 0.1) is 11.4 Å². The summed E-state index contributed by atoms with van der Waals surface area (Å²) in [6.07, 6.45) is 2.10. The summed E-state index contributed by atoms with van der Waals surface area (Å²) in [5, 5.41) is 5.55. The molecule has 0 saturated carbocycles. The molecule has 0 amide bonds. The highest BCUT2D eigenvalue weighted by atomic mass is 79.9. The minimum Gasteiger partial charge on any atom is -0.240 e. The van der Waals surface area contributed by atoms with Crippen LogP contribution in [0, 0.1) is 0 Å². The van der Waals surface area contributed by atoms with Crippen molar-refractivity contribution in [2.24, 2.45) is 0 Å². The van der Waals surface area contributed by atoms with Crippen LogP contribution in [0.4, 0.5) is 0 Å². The lowest BCUT2D eigenvalue weighted by Gasteiger charge is -2.16. The molecular formula is C14H17BrN2. The SMILES string of the molecule is CC(C)(C)c1nn(-c2ccccc2)cc1CBr. The maximum absolute atomic E-state index is 4.71. The van der Waals surface area contributed by atoms with Gasteiger partial charge in [0.15, 0.2) is 0 Å². The largest absolute Gasteiger partial charge is 0.240 e. The maximum atomic E-state index is 4.71. The number of hydrogen-bond donors (Lipinski definition) is 0. The zero-order chi connectivity index (χ0) is 12.5. The lowest BCUT2D eigenvalue weighted by atomic mass is 9.90. The number of alkyl halides is 1. The molecule has 0 bridgehead atoms. The fourth-order valence-electron chi connectivity index (χ4n) is 1.85. The first kappa shape index (κ1) is 12.4. The fourth-order valence-corrected chi connectivity index (χ4v) is 2.26. The van der Waals surface area contributed by atoms with E-state index in [9.17, 15) is 0 Å². The second-order valence-corrected chi connectivity index (χ2v) is 5.73. The molecule has 2 aromatic rings. The highest BCUT2D eigenvalue weighted by molar-refractivity contribution is 9.08. The van der Waals surface area contributed by atoms with Crippen LogP contribution in [0.15, 0.2) is 36.5 Å². The molecule has 0 fully saturated rings. The predicted molar refractivity (Wildman–Crippen MR) is 74.9 cm³/mol. The minimum absolute atomic E-state index is 0.0726. The van der Waals surface area contributed by atoms with Crippen LogP contribution in [0.25, 0.3) is 5.69 Å². The van der Waals surface area contributed by atoms with Crippen LogP contribution in [0.1, 0.15) is 32.0 Å². The van der Waals surface area contributed by atoms with Crippen molar-refractivity contribution in [1.82, 2.24) is 9.78 Å². The molecule has 1 aromatic carbocycles. The van der Waals surface area contributed by atoms with Crippen molar-refractivity contribution in [2.75, 3.05) is 0 Å². The molecule has 1 heterocycles. The summed E-state index contributed by atoms with van der Waals surface area (Å²) in [5.41, 5.74) is 3.58. The Morgan fingerprint density at radius 3 is 2.29 bits per heavy atom. The van der Waals surface area contributed by atoms with E-state index in [4.69, 9.17) is 5.10 Å². The zero-order valence-corrected chi connectivity index (χ0v) is 12.0. The van der Waals surface area contributed by atoms with Gasteiger partial charge in [-0.2, -0.15) is 5.10 Å². The van der Waals surface area contributed by atoms with E-state index in [2.05, 4.69) is 55.0 Å². The normalized spacial score (nSPS) is 11.8. The average Bonchev–Trinajstić information content (AvgIpc) is 2.74. The zero-order valence-electron chi connectivity index (χ0n) is 10.4. The van der Waals surface area contributed by atoms with Crippen molar-refractivity contribution in [3.8, 4) is 5.69 Å². The van der Waals surface area contributed by atoms with Gasteiger partial charge >= 0.3 is 0 Å². The second-order valence-electron chi connectivity index (χ2n) is 5.17. The molecule has 2 rings (SSSR count). The molecule has 1 aromatic heterocycles. The number of halogens is 1. The number of aromatic nitrogens is 2. The molecule has 17 heavy (non-hydrogen) atoms. The lowest BCUT2D eigenvalue weighted by molar-refractivity contribution is 0.557. The van der Waals surface area contributed by atoms with Crippen LogP contribution in [-0.4, -0.2) is 9.78 Å². The number of benzene rings is 1. The van der Waals surface area contributed by atoms with Gasteiger partial charge in [-0.05, 0) is 12.1 Å². The Kier molecular flexibility index (Phi) is 3.38. The monoisotopic (exact) mass is 292 g/mol. The summed E-state index contributed by atoms with van der Waals surface area (Å²) in [7, 11) is 0. The number of rotatable bonds is 2. The second kappa shape index (κ2) is 4.65. The molecule has 0 radical (unpaired) electrons. The maximum Gasteiger partial charge on any atom is 0.0722 e. The van der Waals surface area contributed by atoms with Gasteiger partial charge in [-0.3, -0.25) is 0 Å². The van der Waals surface area contributed by atoms with E-state index in [0.29, 0.717) is 0 Å². The Balaban J connectivity index is 2.49. The fraction of sp³-hybridized carbons (Fsp3) is 0.357. The van der Waals surface area contributed by atoms with Crippen molar-refractivity contribution < 1.29 is 0 Å². The van der Waals surface area contributed by atoms with Gasteiger partial charge < -0.3 is 0 Å². The molecular weight excluding hydrogens is 276 g/mol. The molecule has 0 N–H and O–H groups in total. The van der Waals surface area contributed by atoms with Crippen LogP contribution < -0.4 is 0 Å². The third-order valence-corrected chi connectivity index (χ3v) is 3.27. The van der Waals surface area contributed by atoms with Gasteiger partial charge in [-0.25, -0.2) is 4.68 Å². The third-order valence-electron chi connectivity index (χ3n) is 2.67. The third kappa shape index (κ3) is 2.60. The van der Waals surface area contributed by atoms with Gasteiger partial charge in [0.2, 0.25) is 0 Å². The molecule has 0 spiro atoms. The van der Waals surface area contributed by atoms with E-state index in [1.807, 2.05) is 22.9 Å². The van der Waals surface area contributed by atoms with Gasteiger partial charge in [-0.15, -0.1) is 0 Å². The summed E-state index contributed by atoms with van der Waals surface area (Å²) in [5.74, 6) is 0. The van der Waals surface area contributed by atoms with Crippen LogP contribution in [0.2, 0.25) is 0 Å². The molecule has 0 aliphatic heterocycles. The van der Waals surface area contributed by atoms with Crippen LogP contribution >= 0.6 is 15.9 Å². The number of nitrogens with zero attached hydrogens (tertiary/aromatic N) is 2. The summed E-state index contributed by atoms with van der Waals surface area (Å²) in [6, 6.07) is 10.2. The summed E-state index contributed by atoms with van der Waals surface area (Å²) in [4.78, 5) is 0. The molecule has 3 heteroatoms. The number of para-hydroxylation sites is 1. The van der Waals surface area contributed by atoms with E-state index in [1.165, 1.54) is 5.56 Å².